The fourth-order valence-electron chi connectivity index (χ4n) is 3.26. The highest BCUT2D eigenvalue weighted by molar-refractivity contribution is 6.30. The summed E-state index contributed by atoms with van der Waals surface area (Å²) in [7, 11) is 1.72. The average molecular weight is 267 g/mol. The van der Waals surface area contributed by atoms with Crippen LogP contribution in [0, 0.1) is 0 Å². The van der Waals surface area contributed by atoms with Gasteiger partial charge in [-0.3, -0.25) is 0 Å². The van der Waals surface area contributed by atoms with E-state index in [0.29, 0.717) is 12.1 Å². The number of halogens is 1. The number of methoxy groups -OCH3 is 1. The molecule has 0 aromatic heterocycles. The molecule has 18 heavy (non-hydrogen) atoms. The molecular weight excluding hydrogens is 248 g/mol. The zero-order valence-corrected chi connectivity index (χ0v) is 11.4. The van der Waals surface area contributed by atoms with Crippen molar-refractivity contribution in [1.29, 1.82) is 0 Å². The molecule has 0 spiro atoms. The Morgan fingerprint density at radius 2 is 2.28 bits per heavy atom. The maximum absolute atomic E-state index is 6.14. The number of ether oxygens (including phenoxy) is 1. The zero-order valence-electron chi connectivity index (χ0n) is 10.7. The average Bonchev–Trinajstić information content (AvgIpc) is 2.86. The van der Waals surface area contributed by atoms with E-state index in [2.05, 4.69) is 10.2 Å². The quantitative estimate of drug-likeness (QED) is 0.891. The summed E-state index contributed by atoms with van der Waals surface area (Å²) < 4.78 is 5.48. The molecule has 4 heteroatoms. The van der Waals surface area contributed by atoms with Gasteiger partial charge in [0, 0.05) is 23.7 Å². The summed E-state index contributed by atoms with van der Waals surface area (Å²) in [5, 5.41) is 4.37. The van der Waals surface area contributed by atoms with E-state index < -0.39 is 0 Å². The van der Waals surface area contributed by atoms with E-state index >= 15 is 0 Å². The van der Waals surface area contributed by atoms with Crippen LogP contribution < -0.4 is 15.0 Å². The number of hydrogen-bond acceptors (Lipinski definition) is 3. The van der Waals surface area contributed by atoms with Crippen LogP contribution >= 0.6 is 11.6 Å². The molecule has 2 saturated heterocycles. The minimum Gasteiger partial charge on any atom is -0.495 e. The van der Waals surface area contributed by atoms with Crippen LogP contribution in [0.4, 0.5) is 5.69 Å². The van der Waals surface area contributed by atoms with Crippen LogP contribution in [0.5, 0.6) is 5.75 Å². The van der Waals surface area contributed by atoms with Gasteiger partial charge in [0.2, 0.25) is 0 Å². The first kappa shape index (κ1) is 12.1. The van der Waals surface area contributed by atoms with E-state index in [1.165, 1.54) is 19.3 Å². The Kier molecular flexibility index (Phi) is 3.35. The molecule has 2 unspecified atom stereocenters. The number of nitrogens with zero attached hydrogens (tertiary/aromatic N) is 1. The van der Waals surface area contributed by atoms with Crippen molar-refractivity contribution in [3.8, 4) is 5.75 Å². The fraction of sp³-hybridized carbons (Fsp3) is 0.571. The second-order valence-corrected chi connectivity index (χ2v) is 5.50. The van der Waals surface area contributed by atoms with Gasteiger partial charge in [0.1, 0.15) is 5.75 Å². The molecule has 1 aromatic rings. The smallest absolute Gasteiger partial charge is 0.142 e. The van der Waals surface area contributed by atoms with Crippen molar-refractivity contribution in [2.75, 3.05) is 25.1 Å². The summed E-state index contributed by atoms with van der Waals surface area (Å²) in [6.45, 7) is 2.22. The van der Waals surface area contributed by atoms with Crippen LogP contribution in [0.1, 0.15) is 19.3 Å². The summed E-state index contributed by atoms with van der Waals surface area (Å²) in [6.07, 6.45) is 3.72. The molecule has 0 bridgehead atoms. The third-order valence-electron chi connectivity index (χ3n) is 4.08. The first-order chi connectivity index (χ1) is 8.79. The van der Waals surface area contributed by atoms with Crippen LogP contribution in [-0.4, -0.2) is 32.3 Å². The Bertz CT molecular complexity index is 438. The van der Waals surface area contributed by atoms with Crippen molar-refractivity contribution in [2.24, 2.45) is 0 Å². The molecule has 3 rings (SSSR count). The molecule has 2 fully saturated rings. The normalized spacial score (nSPS) is 27.1. The summed E-state index contributed by atoms with van der Waals surface area (Å²) >= 11 is 6.14. The number of rotatable bonds is 2. The van der Waals surface area contributed by atoms with Gasteiger partial charge in [0.15, 0.2) is 0 Å². The number of fused-ring (bicyclic) bond motifs is 1. The molecule has 2 aliphatic rings. The lowest BCUT2D eigenvalue weighted by Gasteiger charge is -2.39. The number of nitrogens with one attached hydrogen (secondary N) is 1. The summed E-state index contributed by atoms with van der Waals surface area (Å²) in [5.74, 6) is 0.923. The van der Waals surface area contributed by atoms with Crippen molar-refractivity contribution >= 4 is 17.3 Å². The van der Waals surface area contributed by atoms with E-state index in [1.807, 2.05) is 18.2 Å². The molecule has 2 heterocycles. The number of hydrogen-bond donors (Lipinski definition) is 1. The van der Waals surface area contributed by atoms with E-state index in [0.717, 1.165) is 29.5 Å². The molecular formula is C14H19ClN2O. The standard InChI is InChI=1S/C14H19ClN2O/c1-18-14-5-4-10(15)9-13(14)17-8-2-3-11-12(17)6-7-16-11/h4-5,9,11-12,16H,2-3,6-8H2,1H3. The Hall–Kier alpha value is -0.930. The van der Waals surface area contributed by atoms with Crippen molar-refractivity contribution in [3.63, 3.8) is 0 Å². The van der Waals surface area contributed by atoms with Gasteiger partial charge in [0.25, 0.3) is 0 Å². The molecule has 1 N–H and O–H groups in total. The number of benzene rings is 1. The molecule has 3 nitrogen and oxygen atoms in total. The topological polar surface area (TPSA) is 24.5 Å². The maximum atomic E-state index is 6.14. The Morgan fingerprint density at radius 1 is 1.39 bits per heavy atom. The minimum atomic E-state index is 0.589. The first-order valence-corrected chi connectivity index (χ1v) is 7.01. The first-order valence-electron chi connectivity index (χ1n) is 6.63. The largest absolute Gasteiger partial charge is 0.495 e. The molecule has 0 saturated carbocycles. The fourth-order valence-corrected chi connectivity index (χ4v) is 3.42. The SMILES string of the molecule is COc1ccc(Cl)cc1N1CCCC2NCCC21. The number of anilines is 1. The van der Waals surface area contributed by atoms with Gasteiger partial charge in [-0.05, 0) is 44.0 Å². The summed E-state index contributed by atoms with van der Waals surface area (Å²) in [4.78, 5) is 2.47. The highest BCUT2D eigenvalue weighted by atomic mass is 35.5. The van der Waals surface area contributed by atoms with Crippen LogP contribution in [0.25, 0.3) is 0 Å². The third kappa shape index (κ3) is 2.06. The van der Waals surface area contributed by atoms with Crippen molar-refractivity contribution < 1.29 is 4.74 Å². The Morgan fingerprint density at radius 3 is 3.11 bits per heavy atom. The van der Waals surface area contributed by atoms with Gasteiger partial charge in [0.05, 0.1) is 12.8 Å². The van der Waals surface area contributed by atoms with Gasteiger partial charge < -0.3 is 15.0 Å². The van der Waals surface area contributed by atoms with E-state index in [9.17, 15) is 0 Å². The predicted octanol–water partition coefficient (Wildman–Crippen LogP) is 2.68. The van der Waals surface area contributed by atoms with Gasteiger partial charge in [-0.15, -0.1) is 0 Å². The molecule has 0 aliphatic carbocycles. The monoisotopic (exact) mass is 266 g/mol. The van der Waals surface area contributed by atoms with Crippen LogP contribution in [0.2, 0.25) is 5.02 Å². The zero-order chi connectivity index (χ0) is 12.5. The van der Waals surface area contributed by atoms with Crippen LogP contribution in [0.15, 0.2) is 18.2 Å². The van der Waals surface area contributed by atoms with E-state index in [1.54, 1.807) is 7.11 Å². The van der Waals surface area contributed by atoms with Crippen molar-refractivity contribution in [3.05, 3.63) is 23.2 Å². The predicted molar refractivity (Wildman–Crippen MR) is 74.8 cm³/mol. The van der Waals surface area contributed by atoms with Crippen molar-refractivity contribution in [1.82, 2.24) is 5.32 Å². The number of piperidine rings is 1. The van der Waals surface area contributed by atoms with Gasteiger partial charge in [-0.2, -0.15) is 0 Å². The lowest BCUT2D eigenvalue weighted by molar-refractivity contribution is 0.391. The highest BCUT2D eigenvalue weighted by Gasteiger charge is 2.35. The molecule has 0 radical (unpaired) electrons. The molecule has 2 atom stereocenters. The molecule has 2 aliphatic heterocycles. The lowest BCUT2D eigenvalue weighted by atomic mass is 9.96. The van der Waals surface area contributed by atoms with Crippen LogP contribution in [-0.2, 0) is 0 Å². The minimum absolute atomic E-state index is 0.589. The third-order valence-corrected chi connectivity index (χ3v) is 4.31. The molecule has 98 valence electrons. The maximum Gasteiger partial charge on any atom is 0.142 e. The molecule has 1 aromatic carbocycles. The van der Waals surface area contributed by atoms with Gasteiger partial charge in [-0.1, -0.05) is 11.6 Å². The van der Waals surface area contributed by atoms with Gasteiger partial charge in [-0.25, -0.2) is 0 Å². The summed E-state index contributed by atoms with van der Waals surface area (Å²) in [6, 6.07) is 7.09. The highest BCUT2D eigenvalue weighted by Crippen LogP contribution is 2.37. The summed E-state index contributed by atoms with van der Waals surface area (Å²) in [5.41, 5.74) is 1.14. The van der Waals surface area contributed by atoms with Crippen molar-refractivity contribution in [2.45, 2.75) is 31.3 Å². The second kappa shape index (κ2) is 4.98. The van der Waals surface area contributed by atoms with E-state index in [-0.39, 0.29) is 0 Å². The Balaban J connectivity index is 1.95. The Labute approximate surface area is 113 Å². The molecule has 0 amide bonds. The van der Waals surface area contributed by atoms with Gasteiger partial charge >= 0.3 is 0 Å². The van der Waals surface area contributed by atoms with Crippen LogP contribution in [0.3, 0.4) is 0 Å². The van der Waals surface area contributed by atoms with E-state index in [4.69, 9.17) is 16.3 Å². The lowest BCUT2D eigenvalue weighted by Crippen LogP contribution is -2.48. The second-order valence-electron chi connectivity index (χ2n) is 5.07.